The molecule has 3 heterocycles. The van der Waals surface area contributed by atoms with Crippen LogP contribution in [-0.2, 0) is 0 Å². The molecule has 2 aliphatic heterocycles. The molecule has 1 aromatic heterocycles. The third-order valence-corrected chi connectivity index (χ3v) is 4.32. The van der Waals surface area contributed by atoms with Gasteiger partial charge in [0.1, 0.15) is 0 Å². The Morgan fingerprint density at radius 2 is 1.71 bits per heavy atom. The van der Waals surface area contributed by atoms with Crippen LogP contribution in [0.5, 0.6) is 0 Å². The lowest BCUT2D eigenvalue weighted by Gasteiger charge is -2.36. The quantitative estimate of drug-likeness (QED) is 0.834. The Morgan fingerprint density at radius 1 is 0.857 bits per heavy atom. The van der Waals surface area contributed by atoms with Crippen LogP contribution in [0.2, 0.25) is 0 Å². The number of hydrazine groups is 1. The van der Waals surface area contributed by atoms with Crippen LogP contribution in [0, 0.1) is 0 Å². The van der Waals surface area contributed by atoms with Gasteiger partial charge in [0, 0.05) is 24.0 Å². The van der Waals surface area contributed by atoms with Crippen LogP contribution in [0.4, 0.5) is 5.69 Å². The van der Waals surface area contributed by atoms with Gasteiger partial charge in [-0.05, 0) is 43.5 Å². The number of hydrogen-bond donors (Lipinski definition) is 0. The minimum Gasteiger partial charge on any atom is -0.289 e. The molecule has 1 fully saturated rings. The molecule has 0 amide bonds. The predicted octanol–water partition coefficient (Wildman–Crippen LogP) is 3.71. The van der Waals surface area contributed by atoms with Crippen LogP contribution in [-0.4, -0.2) is 23.1 Å². The Morgan fingerprint density at radius 3 is 2.52 bits per heavy atom. The monoisotopic (exact) mass is 277 g/mol. The normalized spacial score (nSPS) is 18.1. The van der Waals surface area contributed by atoms with Crippen molar-refractivity contribution < 1.29 is 0 Å². The van der Waals surface area contributed by atoms with E-state index in [0.29, 0.717) is 0 Å². The van der Waals surface area contributed by atoms with E-state index in [1.807, 2.05) is 12.3 Å². The molecule has 0 N–H and O–H groups in total. The van der Waals surface area contributed by atoms with Crippen LogP contribution in [0.15, 0.2) is 60.4 Å². The smallest absolute Gasteiger partial charge is 0.0698 e. The average molecular weight is 277 g/mol. The Kier molecular flexibility index (Phi) is 3.11. The SMILES string of the molecule is c1ccc(N2CC(c3ccccn3)=C3CCCCN32)cc1. The molecule has 2 aromatic rings. The summed E-state index contributed by atoms with van der Waals surface area (Å²) in [6.45, 7) is 2.04. The largest absolute Gasteiger partial charge is 0.289 e. The molecule has 4 rings (SSSR count). The summed E-state index contributed by atoms with van der Waals surface area (Å²) in [6, 6.07) is 16.9. The first-order valence-electron chi connectivity index (χ1n) is 7.67. The van der Waals surface area contributed by atoms with Crippen molar-refractivity contribution >= 4 is 11.3 Å². The molecule has 1 saturated heterocycles. The zero-order valence-electron chi connectivity index (χ0n) is 12.1. The minimum absolute atomic E-state index is 0.927. The number of para-hydroxylation sites is 1. The van der Waals surface area contributed by atoms with Gasteiger partial charge in [-0.25, -0.2) is 0 Å². The topological polar surface area (TPSA) is 19.4 Å². The van der Waals surface area contributed by atoms with Crippen molar-refractivity contribution in [2.45, 2.75) is 19.3 Å². The second kappa shape index (κ2) is 5.24. The Balaban J connectivity index is 1.74. The number of allylic oxidation sites excluding steroid dienone is 1. The minimum atomic E-state index is 0.927. The summed E-state index contributed by atoms with van der Waals surface area (Å²) in [5, 5.41) is 4.86. The molecule has 3 heteroatoms. The van der Waals surface area contributed by atoms with E-state index in [4.69, 9.17) is 0 Å². The van der Waals surface area contributed by atoms with Crippen LogP contribution in [0.25, 0.3) is 5.57 Å². The molecule has 3 nitrogen and oxygen atoms in total. The van der Waals surface area contributed by atoms with Crippen molar-refractivity contribution in [1.29, 1.82) is 0 Å². The molecule has 0 saturated carbocycles. The van der Waals surface area contributed by atoms with E-state index in [1.165, 1.54) is 29.8 Å². The van der Waals surface area contributed by atoms with Crippen molar-refractivity contribution in [1.82, 2.24) is 9.99 Å². The van der Waals surface area contributed by atoms with Gasteiger partial charge in [0.15, 0.2) is 0 Å². The van der Waals surface area contributed by atoms with Gasteiger partial charge in [0.25, 0.3) is 0 Å². The average Bonchev–Trinajstić information content (AvgIpc) is 2.96. The third kappa shape index (κ3) is 2.19. The standard InChI is InChI=1S/C18H19N3/c1-2-8-15(9-3-1)21-14-16(17-10-4-6-12-19-17)18-11-5-7-13-20(18)21/h1-4,6,8-10,12H,5,7,11,13-14H2. The maximum absolute atomic E-state index is 4.57. The highest BCUT2D eigenvalue weighted by Crippen LogP contribution is 2.38. The highest BCUT2D eigenvalue weighted by atomic mass is 15.6. The molecule has 0 bridgehead atoms. The lowest BCUT2D eigenvalue weighted by molar-refractivity contribution is 0.294. The fourth-order valence-corrected chi connectivity index (χ4v) is 3.32. The summed E-state index contributed by atoms with van der Waals surface area (Å²) in [5.74, 6) is 0. The first-order valence-corrected chi connectivity index (χ1v) is 7.67. The van der Waals surface area contributed by atoms with Crippen molar-refractivity contribution in [2.75, 3.05) is 18.1 Å². The Bertz CT molecular complexity index is 649. The first kappa shape index (κ1) is 12.5. The van der Waals surface area contributed by atoms with E-state index >= 15 is 0 Å². The summed E-state index contributed by atoms with van der Waals surface area (Å²) in [6.07, 6.45) is 5.60. The number of rotatable bonds is 2. The third-order valence-electron chi connectivity index (χ3n) is 4.32. The van der Waals surface area contributed by atoms with Crippen LogP contribution in [0.3, 0.4) is 0 Å². The number of pyridine rings is 1. The van der Waals surface area contributed by atoms with Crippen molar-refractivity contribution in [3.05, 3.63) is 66.1 Å². The maximum atomic E-state index is 4.57. The number of fused-ring (bicyclic) bond motifs is 1. The van der Waals surface area contributed by atoms with E-state index in [-0.39, 0.29) is 0 Å². The highest BCUT2D eigenvalue weighted by Gasteiger charge is 2.32. The number of benzene rings is 1. The molecule has 0 aliphatic carbocycles. The summed E-state index contributed by atoms with van der Waals surface area (Å²) >= 11 is 0. The van der Waals surface area contributed by atoms with Gasteiger partial charge in [0.05, 0.1) is 17.9 Å². The Hall–Kier alpha value is -2.29. The van der Waals surface area contributed by atoms with Crippen molar-refractivity contribution in [3.63, 3.8) is 0 Å². The summed E-state index contributed by atoms with van der Waals surface area (Å²) in [5.41, 5.74) is 5.24. The van der Waals surface area contributed by atoms with Gasteiger partial charge >= 0.3 is 0 Å². The van der Waals surface area contributed by atoms with Crippen LogP contribution < -0.4 is 5.01 Å². The van der Waals surface area contributed by atoms with E-state index in [1.54, 1.807) is 0 Å². The molecule has 2 aliphatic rings. The van der Waals surface area contributed by atoms with Gasteiger partial charge in [-0.1, -0.05) is 24.3 Å². The van der Waals surface area contributed by atoms with Gasteiger partial charge in [-0.15, -0.1) is 0 Å². The number of anilines is 1. The molecular weight excluding hydrogens is 258 g/mol. The molecule has 0 spiro atoms. The number of hydrogen-bond acceptors (Lipinski definition) is 3. The van der Waals surface area contributed by atoms with E-state index < -0.39 is 0 Å². The number of nitrogens with zero attached hydrogens (tertiary/aromatic N) is 3. The number of aromatic nitrogens is 1. The van der Waals surface area contributed by atoms with Crippen molar-refractivity contribution in [2.24, 2.45) is 0 Å². The molecule has 1 aromatic carbocycles. The summed E-state index contributed by atoms with van der Waals surface area (Å²) < 4.78 is 0. The van der Waals surface area contributed by atoms with E-state index in [2.05, 4.69) is 57.5 Å². The lowest BCUT2D eigenvalue weighted by atomic mass is 10.0. The van der Waals surface area contributed by atoms with E-state index in [9.17, 15) is 0 Å². The summed E-state index contributed by atoms with van der Waals surface area (Å²) in [4.78, 5) is 4.57. The first-order chi connectivity index (χ1) is 10.4. The second-order valence-corrected chi connectivity index (χ2v) is 5.61. The van der Waals surface area contributed by atoms with Gasteiger partial charge in [0.2, 0.25) is 0 Å². The molecule has 21 heavy (non-hydrogen) atoms. The van der Waals surface area contributed by atoms with Crippen LogP contribution >= 0.6 is 0 Å². The fraction of sp³-hybridized carbons (Fsp3) is 0.278. The molecular formula is C18H19N3. The zero-order chi connectivity index (χ0) is 14.1. The highest BCUT2D eigenvalue weighted by molar-refractivity contribution is 5.74. The fourth-order valence-electron chi connectivity index (χ4n) is 3.32. The Labute approximate surface area is 125 Å². The van der Waals surface area contributed by atoms with Gasteiger partial charge in [-0.2, -0.15) is 0 Å². The van der Waals surface area contributed by atoms with Gasteiger partial charge < -0.3 is 0 Å². The lowest BCUT2D eigenvalue weighted by Crippen LogP contribution is -2.39. The van der Waals surface area contributed by atoms with Crippen LogP contribution in [0.1, 0.15) is 25.0 Å². The molecule has 0 atom stereocenters. The maximum Gasteiger partial charge on any atom is 0.0698 e. The zero-order valence-corrected chi connectivity index (χ0v) is 12.1. The second-order valence-electron chi connectivity index (χ2n) is 5.61. The predicted molar refractivity (Wildman–Crippen MR) is 85.5 cm³/mol. The summed E-state index contributed by atoms with van der Waals surface area (Å²) in [7, 11) is 0. The number of piperidine rings is 1. The molecule has 0 radical (unpaired) electrons. The molecule has 106 valence electrons. The van der Waals surface area contributed by atoms with Gasteiger partial charge in [-0.3, -0.25) is 15.0 Å². The van der Waals surface area contributed by atoms with Crippen molar-refractivity contribution in [3.8, 4) is 0 Å². The molecule has 0 unspecified atom stereocenters. The van der Waals surface area contributed by atoms with E-state index in [0.717, 1.165) is 25.2 Å².